The molecule has 7 heteroatoms. The summed E-state index contributed by atoms with van der Waals surface area (Å²) in [6, 6.07) is 1.73. The van der Waals surface area contributed by atoms with Crippen LogP contribution in [0, 0.1) is 13.8 Å². The van der Waals surface area contributed by atoms with Crippen LogP contribution in [0.5, 0.6) is 0 Å². The highest BCUT2D eigenvalue weighted by atomic mass is 16.5. The van der Waals surface area contributed by atoms with Gasteiger partial charge in [-0.15, -0.1) is 0 Å². The monoisotopic (exact) mass is 339 g/mol. The summed E-state index contributed by atoms with van der Waals surface area (Å²) in [5, 5.41) is 2.85. The van der Waals surface area contributed by atoms with Gasteiger partial charge in [0.05, 0.1) is 12.2 Å². The molecule has 24 heavy (non-hydrogen) atoms. The Morgan fingerprint density at radius 2 is 1.92 bits per heavy atom. The van der Waals surface area contributed by atoms with Crippen molar-refractivity contribution in [2.24, 2.45) is 0 Å². The van der Waals surface area contributed by atoms with Crippen LogP contribution in [0.25, 0.3) is 0 Å². The first-order valence-corrected chi connectivity index (χ1v) is 8.11. The van der Waals surface area contributed by atoms with Crippen LogP contribution in [0.2, 0.25) is 0 Å². The number of furan rings is 1. The fraction of sp³-hybridized carbons (Fsp3) is 0.647. The highest BCUT2D eigenvalue weighted by Crippen LogP contribution is 2.16. The molecule has 0 aromatic carbocycles. The van der Waals surface area contributed by atoms with Crippen molar-refractivity contribution in [3.63, 3.8) is 0 Å². The van der Waals surface area contributed by atoms with Crippen LogP contribution in [0.3, 0.4) is 0 Å². The Hall–Kier alpha value is -1.86. The minimum absolute atomic E-state index is 0.0628. The van der Waals surface area contributed by atoms with E-state index in [2.05, 4.69) is 5.32 Å². The number of hydrogen-bond donors (Lipinski definition) is 1. The molecule has 0 saturated carbocycles. The maximum atomic E-state index is 12.7. The first kappa shape index (κ1) is 20.2. The number of nitrogens with zero attached hydrogens (tertiary/aromatic N) is 2. The Morgan fingerprint density at radius 1 is 1.21 bits per heavy atom. The van der Waals surface area contributed by atoms with Crippen molar-refractivity contribution in [3.8, 4) is 0 Å². The zero-order valence-corrected chi connectivity index (χ0v) is 15.3. The molecule has 0 spiro atoms. The van der Waals surface area contributed by atoms with Crippen molar-refractivity contribution in [3.05, 3.63) is 23.2 Å². The second-order valence-corrected chi connectivity index (χ2v) is 6.02. The van der Waals surface area contributed by atoms with E-state index in [0.29, 0.717) is 43.3 Å². The van der Waals surface area contributed by atoms with Gasteiger partial charge < -0.3 is 24.3 Å². The zero-order chi connectivity index (χ0) is 18.1. The summed E-state index contributed by atoms with van der Waals surface area (Å²) in [6.45, 7) is 6.15. The number of nitrogens with one attached hydrogen (secondary N) is 1. The summed E-state index contributed by atoms with van der Waals surface area (Å²) >= 11 is 0. The minimum atomic E-state index is -0.137. The third-order valence-corrected chi connectivity index (χ3v) is 3.61. The van der Waals surface area contributed by atoms with Crippen LogP contribution in [0.1, 0.15) is 28.3 Å². The Morgan fingerprint density at radius 3 is 2.46 bits per heavy atom. The topological polar surface area (TPSA) is 75.0 Å². The average Bonchev–Trinajstić information content (AvgIpc) is 2.85. The van der Waals surface area contributed by atoms with E-state index >= 15 is 0 Å². The van der Waals surface area contributed by atoms with Crippen LogP contribution in [-0.4, -0.2) is 75.6 Å². The number of rotatable bonds is 10. The number of carbonyl (C=O) groups is 2. The van der Waals surface area contributed by atoms with E-state index in [4.69, 9.17) is 9.15 Å². The standard InChI is InChI=1S/C17H29N3O4/c1-13-12-15(14(2)24-13)17(22)20(10-11-23-5)8-6-16(21)18-7-9-19(3)4/h12H,6-11H2,1-5H3,(H,18,21). The zero-order valence-electron chi connectivity index (χ0n) is 15.3. The molecule has 1 aromatic rings. The average molecular weight is 339 g/mol. The number of amides is 2. The lowest BCUT2D eigenvalue weighted by Crippen LogP contribution is -2.38. The lowest BCUT2D eigenvalue weighted by molar-refractivity contribution is -0.121. The van der Waals surface area contributed by atoms with Crippen LogP contribution < -0.4 is 5.32 Å². The van der Waals surface area contributed by atoms with Gasteiger partial charge in [-0.1, -0.05) is 0 Å². The summed E-state index contributed by atoms with van der Waals surface area (Å²) in [6.07, 6.45) is 0.263. The van der Waals surface area contributed by atoms with Gasteiger partial charge in [-0.2, -0.15) is 0 Å². The van der Waals surface area contributed by atoms with E-state index in [1.165, 1.54) is 0 Å². The fourth-order valence-corrected chi connectivity index (χ4v) is 2.27. The SMILES string of the molecule is COCCN(CCC(=O)NCCN(C)C)C(=O)c1cc(C)oc1C. The molecule has 0 radical (unpaired) electrons. The van der Waals surface area contributed by atoms with E-state index in [0.717, 1.165) is 6.54 Å². The molecule has 0 atom stereocenters. The maximum Gasteiger partial charge on any atom is 0.257 e. The number of carbonyl (C=O) groups excluding carboxylic acids is 2. The molecule has 1 aromatic heterocycles. The number of ether oxygens (including phenoxy) is 1. The van der Waals surface area contributed by atoms with Gasteiger partial charge in [-0.05, 0) is 34.0 Å². The third kappa shape index (κ3) is 6.72. The molecule has 136 valence electrons. The molecule has 2 amide bonds. The van der Waals surface area contributed by atoms with Gasteiger partial charge in [-0.3, -0.25) is 9.59 Å². The van der Waals surface area contributed by atoms with E-state index in [1.807, 2.05) is 25.9 Å². The normalized spacial score (nSPS) is 10.9. The molecule has 0 aliphatic heterocycles. The quantitative estimate of drug-likeness (QED) is 0.690. The van der Waals surface area contributed by atoms with Crippen molar-refractivity contribution in [1.82, 2.24) is 15.1 Å². The number of hydrogen-bond acceptors (Lipinski definition) is 5. The van der Waals surface area contributed by atoms with Gasteiger partial charge >= 0.3 is 0 Å². The largest absolute Gasteiger partial charge is 0.466 e. The maximum absolute atomic E-state index is 12.7. The molecule has 0 unspecified atom stereocenters. The fourth-order valence-electron chi connectivity index (χ4n) is 2.27. The lowest BCUT2D eigenvalue weighted by atomic mass is 10.2. The second-order valence-electron chi connectivity index (χ2n) is 6.02. The number of methoxy groups -OCH3 is 1. The van der Waals surface area contributed by atoms with Crippen molar-refractivity contribution < 1.29 is 18.7 Å². The van der Waals surface area contributed by atoms with Gasteiger partial charge in [0.1, 0.15) is 11.5 Å². The molecule has 0 aliphatic rings. The minimum Gasteiger partial charge on any atom is -0.466 e. The van der Waals surface area contributed by atoms with Crippen LogP contribution in [0.4, 0.5) is 0 Å². The molecular formula is C17H29N3O4. The van der Waals surface area contributed by atoms with Gasteiger partial charge in [0.2, 0.25) is 5.91 Å². The summed E-state index contributed by atoms with van der Waals surface area (Å²) in [5.74, 6) is 1.09. The molecule has 7 nitrogen and oxygen atoms in total. The van der Waals surface area contributed by atoms with Gasteiger partial charge in [0, 0.05) is 39.7 Å². The van der Waals surface area contributed by atoms with Crippen molar-refractivity contribution >= 4 is 11.8 Å². The molecule has 1 N–H and O–H groups in total. The Kier molecular flexibility index (Phi) is 8.49. The van der Waals surface area contributed by atoms with Crippen molar-refractivity contribution in [2.75, 3.05) is 54.0 Å². The predicted octanol–water partition coefficient (Wildman–Crippen LogP) is 1.05. The highest BCUT2D eigenvalue weighted by Gasteiger charge is 2.21. The first-order valence-electron chi connectivity index (χ1n) is 8.11. The van der Waals surface area contributed by atoms with Crippen molar-refractivity contribution in [2.45, 2.75) is 20.3 Å². The second kappa shape index (κ2) is 10.1. The molecule has 0 aliphatic carbocycles. The van der Waals surface area contributed by atoms with E-state index < -0.39 is 0 Å². The third-order valence-electron chi connectivity index (χ3n) is 3.61. The van der Waals surface area contributed by atoms with Gasteiger partial charge in [0.25, 0.3) is 5.91 Å². The summed E-state index contributed by atoms with van der Waals surface area (Å²) in [7, 11) is 5.49. The summed E-state index contributed by atoms with van der Waals surface area (Å²) < 4.78 is 10.5. The Balaban J connectivity index is 2.60. The molecule has 1 rings (SSSR count). The summed E-state index contributed by atoms with van der Waals surface area (Å²) in [5.41, 5.74) is 0.539. The van der Waals surface area contributed by atoms with E-state index in [1.54, 1.807) is 25.0 Å². The first-order chi connectivity index (χ1) is 11.3. The molecule has 0 bridgehead atoms. The number of aryl methyl sites for hydroxylation is 2. The Bertz CT molecular complexity index is 540. The van der Waals surface area contributed by atoms with E-state index in [-0.39, 0.29) is 18.2 Å². The molecule has 1 heterocycles. The summed E-state index contributed by atoms with van der Waals surface area (Å²) in [4.78, 5) is 28.2. The van der Waals surface area contributed by atoms with Gasteiger partial charge in [0.15, 0.2) is 0 Å². The number of likely N-dealkylation sites (N-methyl/N-ethyl adjacent to an activating group) is 1. The molecule has 0 fully saturated rings. The smallest absolute Gasteiger partial charge is 0.257 e. The van der Waals surface area contributed by atoms with Crippen LogP contribution in [-0.2, 0) is 9.53 Å². The highest BCUT2D eigenvalue weighted by molar-refractivity contribution is 5.95. The predicted molar refractivity (Wildman–Crippen MR) is 92.1 cm³/mol. The van der Waals surface area contributed by atoms with Crippen LogP contribution >= 0.6 is 0 Å². The molecular weight excluding hydrogens is 310 g/mol. The van der Waals surface area contributed by atoms with Crippen molar-refractivity contribution in [1.29, 1.82) is 0 Å². The lowest BCUT2D eigenvalue weighted by Gasteiger charge is -2.22. The molecule has 0 saturated heterocycles. The Labute approximate surface area is 143 Å². The van der Waals surface area contributed by atoms with Crippen LogP contribution in [0.15, 0.2) is 10.5 Å². The van der Waals surface area contributed by atoms with Gasteiger partial charge in [-0.25, -0.2) is 0 Å². The van der Waals surface area contributed by atoms with E-state index in [9.17, 15) is 9.59 Å².